The van der Waals surface area contributed by atoms with Crippen molar-refractivity contribution in [2.75, 3.05) is 31.1 Å². The number of benzene rings is 1. The largest absolute Gasteiger partial charge is 0.417 e. The molecule has 2 heterocycles. The second kappa shape index (κ2) is 8.32. The zero-order valence-electron chi connectivity index (χ0n) is 14.5. The summed E-state index contributed by atoms with van der Waals surface area (Å²) in [6, 6.07) is 9.59. The molecule has 5 nitrogen and oxygen atoms in total. The van der Waals surface area contributed by atoms with Gasteiger partial charge in [0.1, 0.15) is 5.82 Å². The smallest absolute Gasteiger partial charge is 0.352 e. The molecule has 1 saturated heterocycles. The Balaban J connectivity index is 1.58. The van der Waals surface area contributed by atoms with Crippen molar-refractivity contribution >= 4 is 40.7 Å². The molecule has 1 fully saturated rings. The van der Waals surface area contributed by atoms with Crippen LogP contribution in [0.25, 0.3) is 0 Å². The molecule has 0 spiro atoms. The second-order valence-electron chi connectivity index (χ2n) is 6.13. The Morgan fingerprint density at radius 2 is 1.79 bits per heavy atom. The van der Waals surface area contributed by atoms with Gasteiger partial charge in [-0.2, -0.15) is 13.2 Å². The summed E-state index contributed by atoms with van der Waals surface area (Å²) in [7, 11) is 0. The number of alkyl halides is 3. The zero-order chi connectivity index (χ0) is 20.3. The van der Waals surface area contributed by atoms with E-state index in [0.29, 0.717) is 42.7 Å². The molecule has 1 aliphatic rings. The number of carbonyl (C=O) groups excluding carboxylic acids is 1. The molecule has 0 unspecified atom stereocenters. The van der Waals surface area contributed by atoms with E-state index >= 15 is 0 Å². The van der Waals surface area contributed by atoms with Crippen LogP contribution in [-0.2, 0) is 6.18 Å². The molecule has 0 bridgehead atoms. The average molecular weight is 429 g/mol. The topological polar surface area (TPSA) is 48.5 Å². The molecule has 3 rings (SSSR count). The number of piperazine rings is 1. The summed E-state index contributed by atoms with van der Waals surface area (Å²) in [6.45, 7) is 1.87. The summed E-state index contributed by atoms with van der Waals surface area (Å²) in [5.41, 5.74) is -0.381. The molecule has 10 heteroatoms. The number of rotatable bonds is 2. The molecule has 1 N–H and O–H groups in total. The molecule has 1 amide bonds. The molecule has 0 radical (unpaired) electrons. The maximum Gasteiger partial charge on any atom is 0.417 e. The number of aromatic nitrogens is 1. The van der Waals surface area contributed by atoms with Crippen molar-refractivity contribution in [2.45, 2.75) is 6.18 Å². The number of hydrogen-bond acceptors (Lipinski definition) is 4. The van der Waals surface area contributed by atoms with Crippen molar-refractivity contribution < 1.29 is 18.0 Å². The molecule has 28 heavy (non-hydrogen) atoms. The standard InChI is InChI=1S/C18H16ClF3N4OS/c19-14-10-13(18(20,21)22)11-23-15(14)25-6-8-26(9-7-25)17(28)24-16(27)12-4-2-1-3-5-12/h1-5,10-11H,6-9H2,(H,24,27,28). The lowest BCUT2D eigenvalue weighted by molar-refractivity contribution is -0.137. The highest BCUT2D eigenvalue weighted by atomic mass is 35.5. The monoisotopic (exact) mass is 428 g/mol. The molecule has 0 saturated carbocycles. The molecule has 1 aromatic carbocycles. The molecular formula is C18H16ClF3N4OS. The average Bonchev–Trinajstić information content (AvgIpc) is 2.68. The number of thiocarbonyl (C=S) groups is 1. The van der Waals surface area contributed by atoms with Gasteiger partial charge in [0.15, 0.2) is 5.11 Å². The summed E-state index contributed by atoms with van der Waals surface area (Å²) in [6.07, 6.45) is -3.71. The van der Waals surface area contributed by atoms with Crippen LogP contribution >= 0.6 is 23.8 Å². The van der Waals surface area contributed by atoms with Crippen molar-refractivity contribution in [1.29, 1.82) is 0 Å². The number of pyridine rings is 1. The van der Waals surface area contributed by atoms with Gasteiger partial charge in [0.2, 0.25) is 0 Å². The van der Waals surface area contributed by atoms with Crippen molar-refractivity contribution in [1.82, 2.24) is 15.2 Å². The van der Waals surface area contributed by atoms with Gasteiger partial charge in [-0.15, -0.1) is 0 Å². The fraction of sp³-hybridized carbons (Fsp3) is 0.278. The molecule has 0 atom stereocenters. The Hall–Kier alpha value is -2.39. The number of carbonyl (C=O) groups is 1. The first-order valence-electron chi connectivity index (χ1n) is 8.38. The van der Waals surface area contributed by atoms with Crippen LogP contribution in [0.3, 0.4) is 0 Å². The third kappa shape index (κ3) is 4.71. The number of nitrogens with zero attached hydrogens (tertiary/aromatic N) is 3. The van der Waals surface area contributed by atoms with Crippen molar-refractivity contribution in [3.8, 4) is 0 Å². The van der Waals surface area contributed by atoms with Gasteiger partial charge in [-0.25, -0.2) is 4.98 Å². The van der Waals surface area contributed by atoms with Crippen LogP contribution < -0.4 is 10.2 Å². The van der Waals surface area contributed by atoms with E-state index in [-0.39, 0.29) is 10.9 Å². The Morgan fingerprint density at radius 1 is 1.14 bits per heavy atom. The van der Waals surface area contributed by atoms with Crippen LogP contribution in [0.2, 0.25) is 5.02 Å². The van der Waals surface area contributed by atoms with Crippen LogP contribution in [-0.4, -0.2) is 47.1 Å². The summed E-state index contributed by atoms with van der Waals surface area (Å²) in [4.78, 5) is 19.7. The van der Waals surface area contributed by atoms with Gasteiger partial charge in [-0.05, 0) is 30.4 Å². The van der Waals surface area contributed by atoms with Gasteiger partial charge >= 0.3 is 6.18 Å². The van der Waals surface area contributed by atoms with Gasteiger partial charge in [0, 0.05) is 37.9 Å². The SMILES string of the molecule is O=C(NC(=S)N1CCN(c2ncc(C(F)(F)F)cc2Cl)CC1)c1ccccc1. The Morgan fingerprint density at radius 3 is 2.36 bits per heavy atom. The number of amides is 1. The predicted molar refractivity (Wildman–Crippen MR) is 105 cm³/mol. The quantitative estimate of drug-likeness (QED) is 0.741. The minimum absolute atomic E-state index is 0.0526. The Labute approximate surface area is 170 Å². The molecule has 1 aliphatic heterocycles. The lowest BCUT2D eigenvalue weighted by Crippen LogP contribution is -2.53. The van der Waals surface area contributed by atoms with E-state index in [1.54, 1.807) is 29.2 Å². The van der Waals surface area contributed by atoms with Crippen LogP contribution in [0.5, 0.6) is 0 Å². The van der Waals surface area contributed by atoms with Crippen LogP contribution in [0.1, 0.15) is 15.9 Å². The normalized spacial score (nSPS) is 14.7. The van der Waals surface area contributed by atoms with E-state index in [4.69, 9.17) is 23.8 Å². The second-order valence-corrected chi connectivity index (χ2v) is 6.92. The summed E-state index contributed by atoms with van der Waals surface area (Å²) in [5.74, 6) is 0.00837. The predicted octanol–water partition coefficient (Wildman–Crippen LogP) is 3.59. The first-order valence-corrected chi connectivity index (χ1v) is 9.17. The molecule has 1 aromatic heterocycles. The van der Waals surface area contributed by atoms with E-state index in [0.717, 1.165) is 12.3 Å². The van der Waals surface area contributed by atoms with Gasteiger partial charge in [-0.3, -0.25) is 10.1 Å². The van der Waals surface area contributed by atoms with Crippen molar-refractivity contribution in [2.24, 2.45) is 0 Å². The Bertz CT molecular complexity index is 871. The van der Waals surface area contributed by atoms with Gasteiger partial charge in [0.05, 0.1) is 10.6 Å². The first kappa shape index (κ1) is 20.3. The minimum atomic E-state index is -4.49. The Kier molecular flexibility index (Phi) is 6.04. The third-order valence-electron chi connectivity index (χ3n) is 4.27. The van der Waals surface area contributed by atoms with Gasteiger partial charge in [0.25, 0.3) is 5.91 Å². The number of anilines is 1. The fourth-order valence-electron chi connectivity index (χ4n) is 2.78. The van der Waals surface area contributed by atoms with E-state index < -0.39 is 11.7 Å². The van der Waals surface area contributed by atoms with Crippen molar-refractivity contribution in [3.63, 3.8) is 0 Å². The summed E-state index contributed by atoms with van der Waals surface area (Å²) < 4.78 is 38.2. The molecule has 0 aliphatic carbocycles. The molecule has 148 valence electrons. The van der Waals surface area contributed by atoms with Crippen LogP contribution in [0, 0.1) is 0 Å². The number of hydrogen-bond donors (Lipinski definition) is 1. The van der Waals surface area contributed by atoms with Crippen LogP contribution in [0.15, 0.2) is 42.6 Å². The maximum atomic E-state index is 12.7. The number of nitrogens with one attached hydrogen (secondary N) is 1. The van der Waals surface area contributed by atoms with E-state index in [1.165, 1.54) is 0 Å². The van der Waals surface area contributed by atoms with Crippen LogP contribution in [0.4, 0.5) is 19.0 Å². The van der Waals surface area contributed by atoms with E-state index in [9.17, 15) is 18.0 Å². The molecular weight excluding hydrogens is 413 g/mol. The highest BCUT2D eigenvalue weighted by Gasteiger charge is 2.32. The van der Waals surface area contributed by atoms with Gasteiger partial charge in [-0.1, -0.05) is 29.8 Å². The highest BCUT2D eigenvalue weighted by Crippen LogP contribution is 2.33. The summed E-state index contributed by atoms with van der Waals surface area (Å²) in [5, 5.41) is 2.94. The lowest BCUT2D eigenvalue weighted by Gasteiger charge is -2.37. The van der Waals surface area contributed by atoms with E-state index in [2.05, 4.69) is 10.3 Å². The zero-order valence-corrected chi connectivity index (χ0v) is 16.1. The fourth-order valence-corrected chi connectivity index (χ4v) is 3.34. The maximum absolute atomic E-state index is 12.7. The summed E-state index contributed by atoms with van der Waals surface area (Å²) >= 11 is 11.3. The van der Waals surface area contributed by atoms with Crippen molar-refractivity contribution in [3.05, 3.63) is 58.7 Å². The number of halogens is 4. The van der Waals surface area contributed by atoms with E-state index in [1.807, 2.05) is 11.0 Å². The minimum Gasteiger partial charge on any atom is -0.352 e. The molecule has 2 aromatic rings. The third-order valence-corrected chi connectivity index (χ3v) is 4.91. The lowest BCUT2D eigenvalue weighted by atomic mass is 10.2. The van der Waals surface area contributed by atoms with Gasteiger partial charge < -0.3 is 9.80 Å². The first-order chi connectivity index (χ1) is 13.3. The highest BCUT2D eigenvalue weighted by molar-refractivity contribution is 7.80.